The van der Waals surface area contributed by atoms with Gasteiger partial charge in [-0.05, 0) is 20.3 Å². The minimum atomic E-state index is 0.567. The molecule has 16 heavy (non-hydrogen) atoms. The highest BCUT2D eigenvalue weighted by atomic mass is 32.1. The number of thiazole rings is 1. The van der Waals surface area contributed by atoms with E-state index < -0.39 is 0 Å². The second-order valence-electron chi connectivity index (χ2n) is 3.64. The van der Waals surface area contributed by atoms with Crippen molar-refractivity contribution in [2.75, 3.05) is 5.73 Å². The molecule has 0 unspecified atom stereocenters. The summed E-state index contributed by atoms with van der Waals surface area (Å²) in [6.07, 6.45) is 0.856. The fraction of sp³-hybridized carbons (Fsp3) is 0.364. The maximum atomic E-state index is 5.90. The van der Waals surface area contributed by atoms with Crippen LogP contribution in [0.2, 0.25) is 0 Å². The number of nitrogens with zero attached hydrogens (tertiary/aromatic N) is 3. The number of rotatable bonds is 2. The van der Waals surface area contributed by atoms with Crippen molar-refractivity contribution >= 4 is 17.2 Å². The van der Waals surface area contributed by atoms with Gasteiger partial charge in [-0.15, -0.1) is 11.3 Å². The average Bonchev–Trinajstić information content (AvgIpc) is 2.64. The topological polar surface area (TPSA) is 64.7 Å². The van der Waals surface area contributed by atoms with Crippen LogP contribution in [0, 0.1) is 13.8 Å². The van der Waals surface area contributed by atoms with E-state index in [1.54, 1.807) is 11.3 Å². The molecule has 2 aromatic heterocycles. The summed E-state index contributed by atoms with van der Waals surface area (Å²) < 4.78 is 0. The zero-order chi connectivity index (χ0) is 11.7. The highest BCUT2D eigenvalue weighted by molar-refractivity contribution is 7.13. The molecule has 84 valence electrons. The predicted octanol–water partition coefficient (Wildman–Crippen LogP) is 2.36. The Hall–Kier alpha value is -1.49. The molecule has 0 amide bonds. The van der Waals surface area contributed by atoms with Gasteiger partial charge in [-0.3, -0.25) is 0 Å². The third kappa shape index (κ3) is 1.90. The largest absolute Gasteiger partial charge is 0.383 e. The summed E-state index contributed by atoms with van der Waals surface area (Å²) >= 11 is 1.54. The van der Waals surface area contributed by atoms with Crippen LogP contribution in [0.1, 0.15) is 23.9 Å². The lowest BCUT2D eigenvalue weighted by Crippen LogP contribution is -2.04. The first-order valence-corrected chi connectivity index (χ1v) is 6.05. The molecule has 0 saturated carbocycles. The first kappa shape index (κ1) is 11.0. The molecule has 4 nitrogen and oxygen atoms in total. The van der Waals surface area contributed by atoms with Gasteiger partial charge in [-0.2, -0.15) is 0 Å². The third-order valence-corrected chi connectivity index (χ3v) is 3.37. The second-order valence-corrected chi connectivity index (χ2v) is 4.50. The standard InChI is InChI=1S/C11H14N4S/c1-4-8-7(3)14-10(15-9(8)12)11-13-6(2)5-16-11/h5H,4H2,1-3H3,(H2,12,14,15). The van der Waals surface area contributed by atoms with Crippen molar-refractivity contribution in [2.24, 2.45) is 0 Å². The summed E-state index contributed by atoms with van der Waals surface area (Å²) in [6, 6.07) is 0. The highest BCUT2D eigenvalue weighted by Gasteiger charge is 2.11. The van der Waals surface area contributed by atoms with Gasteiger partial charge in [0.25, 0.3) is 0 Å². The number of anilines is 1. The van der Waals surface area contributed by atoms with Gasteiger partial charge in [-0.1, -0.05) is 6.92 Å². The van der Waals surface area contributed by atoms with E-state index in [-0.39, 0.29) is 0 Å². The number of hydrogen-bond donors (Lipinski definition) is 1. The molecular weight excluding hydrogens is 220 g/mol. The Balaban J connectivity index is 2.52. The van der Waals surface area contributed by atoms with Gasteiger partial charge in [0.1, 0.15) is 5.82 Å². The van der Waals surface area contributed by atoms with Crippen LogP contribution < -0.4 is 5.73 Å². The Bertz CT molecular complexity index is 495. The molecular formula is C11H14N4S. The normalized spacial score (nSPS) is 10.7. The zero-order valence-corrected chi connectivity index (χ0v) is 10.4. The lowest BCUT2D eigenvalue weighted by atomic mass is 10.2. The van der Waals surface area contributed by atoms with Gasteiger partial charge in [0.05, 0.1) is 0 Å². The molecule has 0 radical (unpaired) electrons. The molecule has 0 fully saturated rings. The van der Waals surface area contributed by atoms with E-state index in [0.29, 0.717) is 11.6 Å². The first-order chi connectivity index (χ1) is 7.61. The number of nitrogens with two attached hydrogens (primary N) is 1. The fourth-order valence-corrected chi connectivity index (χ4v) is 2.34. The molecule has 0 aliphatic heterocycles. The molecule has 0 saturated heterocycles. The van der Waals surface area contributed by atoms with E-state index in [2.05, 4.69) is 21.9 Å². The minimum Gasteiger partial charge on any atom is -0.383 e. The molecule has 0 atom stereocenters. The molecule has 2 N–H and O–H groups in total. The summed E-state index contributed by atoms with van der Waals surface area (Å²) in [5, 5.41) is 2.81. The molecule has 2 rings (SSSR count). The Labute approximate surface area is 98.6 Å². The van der Waals surface area contributed by atoms with Gasteiger partial charge in [0, 0.05) is 22.3 Å². The molecule has 2 aromatic rings. The summed E-state index contributed by atoms with van der Waals surface area (Å²) in [6.45, 7) is 5.97. The summed E-state index contributed by atoms with van der Waals surface area (Å²) in [4.78, 5) is 13.1. The van der Waals surface area contributed by atoms with Crippen molar-refractivity contribution in [1.29, 1.82) is 0 Å². The van der Waals surface area contributed by atoms with E-state index >= 15 is 0 Å². The quantitative estimate of drug-likeness (QED) is 0.866. The predicted molar refractivity (Wildman–Crippen MR) is 66.4 cm³/mol. The Kier molecular flexibility index (Phi) is 2.87. The Morgan fingerprint density at radius 2 is 2.00 bits per heavy atom. The van der Waals surface area contributed by atoms with Gasteiger partial charge < -0.3 is 5.73 Å². The molecule has 0 aliphatic carbocycles. The number of aromatic nitrogens is 3. The average molecular weight is 234 g/mol. The van der Waals surface area contributed by atoms with Gasteiger partial charge >= 0.3 is 0 Å². The van der Waals surface area contributed by atoms with Gasteiger partial charge in [0.2, 0.25) is 0 Å². The van der Waals surface area contributed by atoms with Crippen molar-refractivity contribution in [1.82, 2.24) is 15.0 Å². The zero-order valence-electron chi connectivity index (χ0n) is 9.61. The minimum absolute atomic E-state index is 0.567. The van der Waals surface area contributed by atoms with Crippen LogP contribution in [-0.4, -0.2) is 15.0 Å². The maximum Gasteiger partial charge on any atom is 0.190 e. The van der Waals surface area contributed by atoms with Crippen LogP contribution >= 0.6 is 11.3 Å². The van der Waals surface area contributed by atoms with Crippen LogP contribution in [0.4, 0.5) is 5.82 Å². The van der Waals surface area contributed by atoms with Crippen molar-refractivity contribution in [3.63, 3.8) is 0 Å². The molecule has 2 heterocycles. The van der Waals surface area contributed by atoms with Crippen molar-refractivity contribution < 1.29 is 0 Å². The molecule has 0 spiro atoms. The third-order valence-electron chi connectivity index (χ3n) is 2.41. The summed E-state index contributed by atoms with van der Waals surface area (Å²) in [7, 11) is 0. The van der Waals surface area contributed by atoms with Crippen LogP contribution in [0.15, 0.2) is 5.38 Å². The Morgan fingerprint density at radius 1 is 1.25 bits per heavy atom. The van der Waals surface area contributed by atoms with Gasteiger partial charge in [0.15, 0.2) is 10.8 Å². The van der Waals surface area contributed by atoms with Gasteiger partial charge in [-0.25, -0.2) is 15.0 Å². The summed E-state index contributed by atoms with van der Waals surface area (Å²) in [5.74, 6) is 1.20. The van der Waals surface area contributed by atoms with Crippen LogP contribution in [-0.2, 0) is 6.42 Å². The van der Waals surface area contributed by atoms with E-state index in [9.17, 15) is 0 Å². The number of nitrogen functional groups attached to an aromatic ring is 1. The van der Waals surface area contributed by atoms with E-state index in [0.717, 1.165) is 28.4 Å². The Morgan fingerprint density at radius 3 is 2.50 bits per heavy atom. The van der Waals surface area contributed by atoms with Crippen LogP contribution in [0.25, 0.3) is 10.8 Å². The monoisotopic (exact) mass is 234 g/mol. The molecule has 0 aliphatic rings. The van der Waals surface area contributed by atoms with Crippen LogP contribution in [0.3, 0.4) is 0 Å². The van der Waals surface area contributed by atoms with Crippen molar-refractivity contribution in [3.05, 3.63) is 22.3 Å². The number of aryl methyl sites for hydroxylation is 2. The van der Waals surface area contributed by atoms with E-state index in [1.165, 1.54) is 0 Å². The lowest BCUT2D eigenvalue weighted by molar-refractivity contribution is 1.01. The first-order valence-electron chi connectivity index (χ1n) is 5.17. The van der Waals surface area contributed by atoms with Crippen LogP contribution in [0.5, 0.6) is 0 Å². The smallest absolute Gasteiger partial charge is 0.190 e. The second kappa shape index (κ2) is 4.17. The summed E-state index contributed by atoms with van der Waals surface area (Å²) in [5.41, 5.74) is 8.86. The maximum absolute atomic E-state index is 5.90. The molecule has 0 aromatic carbocycles. The van der Waals surface area contributed by atoms with E-state index in [1.807, 2.05) is 19.2 Å². The van der Waals surface area contributed by atoms with Crippen molar-refractivity contribution in [3.8, 4) is 10.8 Å². The molecule has 0 bridgehead atoms. The fourth-order valence-electron chi connectivity index (χ4n) is 1.61. The van der Waals surface area contributed by atoms with E-state index in [4.69, 9.17) is 5.73 Å². The lowest BCUT2D eigenvalue weighted by Gasteiger charge is -2.06. The highest BCUT2D eigenvalue weighted by Crippen LogP contribution is 2.23. The van der Waals surface area contributed by atoms with Crippen molar-refractivity contribution in [2.45, 2.75) is 27.2 Å². The number of hydrogen-bond acceptors (Lipinski definition) is 5. The SMILES string of the molecule is CCc1c(C)nc(-c2nc(C)cs2)nc1N. The molecule has 5 heteroatoms.